The molecule has 0 bridgehead atoms. The molecule has 0 saturated heterocycles. The van der Waals surface area contributed by atoms with Crippen molar-refractivity contribution < 1.29 is 19.0 Å². The van der Waals surface area contributed by atoms with E-state index in [4.69, 9.17) is 14.2 Å². The van der Waals surface area contributed by atoms with Gasteiger partial charge in [0.25, 0.3) is 0 Å². The van der Waals surface area contributed by atoms with Crippen molar-refractivity contribution in [3.8, 4) is 11.5 Å². The van der Waals surface area contributed by atoms with Crippen LogP contribution in [0.25, 0.3) is 0 Å². The van der Waals surface area contributed by atoms with Gasteiger partial charge in [-0.1, -0.05) is 26.3 Å². The van der Waals surface area contributed by atoms with E-state index >= 15 is 0 Å². The average Bonchev–Trinajstić information content (AvgIpc) is 3.26. The molecule has 178 valence electrons. The summed E-state index contributed by atoms with van der Waals surface area (Å²) in [6.45, 7) is 6.83. The Hall–Kier alpha value is -3.03. The first kappa shape index (κ1) is 23.1. The molecule has 33 heavy (non-hydrogen) atoms. The van der Waals surface area contributed by atoms with Crippen molar-refractivity contribution in [1.82, 2.24) is 14.8 Å². The van der Waals surface area contributed by atoms with Crippen LogP contribution in [0.1, 0.15) is 70.9 Å². The van der Waals surface area contributed by atoms with E-state index in [1.807, 2.05) is 25.1 Å². The number of methoxy groups -OCH3 is 1. The highest BCUT2D eigenvalue weighted by molar-refractivity contribution is 5.92. The summed E-state index contributed by atoms with van der Waals surface area (Å²) in [5.74, 6) is 2.13. The first-order valence-corrected chi connectivity index (χ1v) is 11.9. The van der Waals surface area contributed by atoms with E-state index in [9.17, 15) is 4.79 Å². The maximum Gasteiger partial charge on any atom is 0.338 e. The van der Waals surface area contributed by atoms with Gasteiger partial charge in [-0.2, -0.15) is 10.1 Å². The number of esters is 1. The van der Waals surface area contributed by atoms with E-state index in [-0.39, 0.29) is 12.1 Å². The van der Waals surface area contributed by atoms with E-state index in [1.165, 1.54) is 12.7 Å². The van der Waals surface area contributed by atoms with Gasteiger partial charge in [0.1, 0.15) is 18.5 Å². The lowest BCUT2D eigenvalue weighted by Crippen LogP contribution is -2.32. The van der Waals surface area contributed by atoms with Crippen molar-refractivity contribution in [2.24, 2.45) is 5.92 Å². The summed E-state index contributed by atoms with van der Waals surface area (Å²) in [4.78, 5) is 17.7. The normalized spacial score (nSPS) is 18.6. The van der Waals surface area contributed by atoms with E-state index in [0.717, 1.165) is 43.4 Å². The van der Waals surface area contributed by atoms with Crippen molar-refractivity contribution in [3.63, 3.8) is 0 Å². The molecule has 4 rings (SSSR count). The van der Waals surface area contributed by atoms with Crippen LogP contribution >= 0.6 is 0 Å². The van der Waals surface area contributed by atoms with Crippen LogP contribution in [0.2, 0.25) is 0 Å². The second kappa shape index (κ2) is 10.3. The highest BCUT2D eigenvalue weighted by Gasteiger charge is 2.36. The highest BCUT2D eigenvalue weighted by Crippen LogP contribution is 2.39. The largest absolute Gasteiger partial charge is 0.493 e. The number of rotatable bonds is 8. The summed E-state index contributed by atoms with van der Waals surface area (Å²) in [6.07, 6.45) is 7.64. The molecule has 0 radical (unpaired) electrons. The molecule has 1 aliphatic carbocycles. The summed E-state index contributed by atoms with van der Waals surface area (Å²) >= 11 is 0. The molecule has 2 aliphatic rings. The topological polar surface area (TPSA) is 87.5 Å². The average molecular weight is 455 g/mol. The molecule has 1 aromatic heterocycles. The molecule has 1 unspecified atom stereocenters. The lowest BCUT2D eigenvalue weighted by molar-refractivity contribution is -0.146. The number of benzene rings is 1. The minimum absolute atomic E-state index is 0.0318. The van der Waals surface area contributed by atoms with Crippen molar-refractivity contribution in [3.05, 3.63) is 41.4 Å². The van der Waals surface area contributed by atoms with Crippen LogP contribution in [-0.2, 0) is 9.53 Å². The molecule has 1 saturated carbocycles. The van der Waals surface area contributed by atoms with E-state index in [1.54, 1.807) is 11.8 Å². The Bertz CT molecular complexity index is 1010. The fourth-order valence-electron chi connectivity index (χ4n) is 4.44. The maximum atomic E-state index is 13.4. The van der Waals surface area contributed by atoms with Gasteiger partial charge < -0.3 is 19.5 Å². The lowest BCUT2D eigenvalue weighted by atomic mass is 9.94. The number of hydrogen-bond acceptors (Lipinski definition) is 7. The number of allylic oxidation sites excluding steroid dienone is 1. The lowest BCUT2D eigenvalue weighted by Gasteiger charge is -2.30. The van der Waals surface area contributed by atoms with Crippen LogP contribution in [0, 0.1) is 5.92 Å². The Morgan fingerprint density at radius 1 is 1.21 bits per heavy atom. The third-order valence-electron chi connectivity index (χ3n) is 6.30. The van der Waals surface area contributed by atoms with Gasteiger partial charge in [-0.15, -0.1) is 0 Å². The van der Waals surface area contributed by atoms with Gasteiger partial charge in [0.2, 0.25) is 5.95 Å². The molecule has 2 heterocycles. The fraction of sp³-hybridized carbons (Fsp3) is 0.560. The quantitative estimate of drug-likeness (QED) is 0.569. The number of aromatic nitrogens is 3. The van der Waals surface area contributed by atoms with Crippen LogP contribution in [0.15, 0.2) is 35.8 Å². The third kappa shape index (κ3) is 5.15. The predicted octanol–water partition coefficient (Wildman–Crippen LogP) is 4.88. The van der Waals surface area contributed by atoms with Crippen molar-refractivity contribution in [2.45, 2.75) is 71.4 Å². The molecule has 0 spiro atoms. The zero-order valence-corrected chi connectivity index (χ0v) is 20.0. The van der Waals surface area contributed by atoms with Crippen LogP contribution in [0.4, 0.5) is 5.95 Å². The Labute approximate surface area is 195 Å². The van der Waals surface area contributed by atoms with E-state index in [0.29, 0.717) is 35.5 Å². The smallest absolute Gasteiger partial charge is 0.338 e. The van der Waals surface area contributed by atoms with Crippen LogP contribution in [-0.4, -0.2) is 40.6 Å². The van der Waals surface area contributed by atoms with Crippen LogP contribution in [0.5, 0.6) is 11.5 Å². The van der Waals surface area contributed by atoms with Gasteiger partial charge in [0.05, 0.1) is 19.3 Å². The van der Waals surface area contributed by atoms with Crippen molar-refractivity contribution in [2.75, 3.05) is 19.0 Å². The number of nitrogens with zero attached hydrogens (tertiary/aromatic N) is 3. The number of ether oxygens (including phenoxy) is 3. The zero-order chi connectivity index (χ0) is 23.4. The molecule has 8 heteroatoms. The van der Waals surface area contributed by atoms with Gasteiger partial charge in [0, 0.05) is 5.70 Å². The molecule has 0 amide bonds. The summed E-state index contributed by atoms with van der Waals surface area (Å²) in [5.41, 5.74) is 2.11. The molecule has 1 N–H and O–H groups in total. The predicted molar refractivity (Wildman–Crippen MR) is 125 cm³/mol. The van der Waals surface area contributed by atoms with Gasteiger partial charge in [-0.05, 0) is 62.6 Å². The summed E-state index contributed by atoms with van der Waals surface area (Å²) < 4.78 is 19.3. The molecule has 2 aromatic rings. The molecular formula is C25H34N4O4. The monoisotopic (exact) mass is 454 g/mol. The number of hydrogen-bond donors (Lipinski definition) is 1. The second-order valence-electron chi connectivity index (χ2n) is 9.20. The summed E-state index contributed by atoms with van der Waals surface area (Å²) in [5, 5.41) is 7.60. The number of carbonyl (C=O) groups is 1. The van der Waals surface area contributed by atoms with Crippen LogP contribution in [0.3, 0.4) is 0 Å². The Kier molecular flexibility index (Phi) is 7.20. The van der Waals surface area contributed by atoms with Gasteiger partial charge in [-0.25, -0.2) is 9.48 Å². The Morgan fingerprint density at radius 2 is 2.00 bits per heavy atom. The first-order chi connectivity index (χ1) is 16.0. The first-order valence-electron chi connectivity index (χ1n) is 11.9. The van der Waals surface area contributed by atoms with Crippen LogP contribution < -0.4 is 14.8 Å². The van der Waals surface area contributed by atoms with Crippen molar-refractivity contribution >= 4 is 11.9 Å². The SMILES string of the molecule is COc1cc(C2C(C(=O)OC3CCCCC3)=C(C)Nc3ncnn32)ccc1OCCC(C)C. The molecule has 8 nitrogen and oxygen atoms in total. The Balaban J connectivity index is 1.65. The van der Waals surface area contributed by atoms with E-state index in [2.05, 4.69) is 29.2 Å². The van der Waals surface area contributed by atoms with Crippen molar-refractivity contribution in [1.29, 1.82) is 0 Å². The Morgan fingerprint density at radius 3 is 2.73 bits per heavy atom. The number of nitrogens with one attached hydrogen (secondary N) is 1. The number of fused-ring (bicyclic) bond motifs is 1. The molecule has 1 aliphatic heterocycles. The molecule has 1 atom stereocenters. The third-order valence-corrected chi connectivity index (χ3v) is 6.30. The second-order valence-corrected chi connectivity index (χ2v) is 9.20. The highest BCUT2D eigenvalue weighted by atomic mass is 16.5. The molecular weight excluding hydrogens is 420 g/mol. The van der Waals surface area contributed by atoms with E-state index < -0.39 is 6.04 Å². The number of carbonyl (C=O) groups excluding carboxylic acids is 1. The van der Waals surface area contributed by atoms with Gasteiger partial charge >= 0.3 is 5.97 Å². The minimum atomic E-state index is -0.474. The number of anilines is 1. The van der Waals surface area contributed by atoms with Gasteiger partial charge in [0.15, 0.2) is 11.5 Å². The fourth-order valence-corrected chi connectivity index (χ4v) is 4.44. The summed E-state index contributed by atoms with van der Waals surface area (Å²) in [6, 6.07) is 5.29. The summed E-state index contributed by atoms with van der Waals surface area (Å²) in [7, 11) is 1.62. The molecule has 1 aromatic carbocycles. The maximum absolute atomic E-state index is 13.4. The molecule has 1 fully saturated rings. The standard InChI is InChI=1S/C25H34N4O4/c1-16(2)12-13-32-20-11-10-18(14-21(20)31-4)23-22(17(3)28-25-26-15-27-29(23)25)24(30)33-19-8-6-5-7-9-19/h10-11,14-16,19,23H,5-9,12-13H2,1-4H3,(H,26,27,28). The zero-order valence-electron chi connectivity index (χ0n) is 20.0. The van der Waals surface area contributed by atoms with Gasteiger partial charge in [-0.3, -0.25) is 0 Å². The minimum Gasteiger partial charge on any atom is -0.493 e.